The summed E-state index contributed by atoms with van der Waals surface area (Å²) in [5.41, 5.74) is 0. The Hall–Kier alpha value is -1.47. The predicted molar refractivity (Wildman–Crippen MR) is 226 cm³/mol. The molecule has 0 aliphatic carbocycles. The molecule has 2 atom stereocenters. The van der Waals surface area contributed by atoms with Gasteiger partial charge in [-0.1, -0.05) is 186 Å². The lowest BCUT2D eigenvalue weighted by molar-refractivity contribution is -0.161. The molecular weight excluding hydrogens is 699 g/mol. The number of phosphoric acid groups is 1. The van der Waals surface area contributed by atoms with Crippen LogP contribution in [0, 0.1) is 0 Å². The smallest absolute Gasteiger partial charge is 0.462 e. The lowest BCUT2D eigenvalue weighted by Crippen LogP contribution is -2.29. The van der Waals surface area contributed by atoms with Gasteiger partial charge in [-0.3, -0.25) is 18.6 Å². The molecular formula is C45H85O8P. The van der Waals surface area contributed by atoms with Crippen LogP contribution in [-0.2, 0) is 32.7 Å². The Labute approximate surface area is 333 Å². The maximum absolute atomic E-state index is 12.6. The lowest BCUT2D eigenvalue weighted by atomic mass is 10.0. The van der Waals surface area contributed by atoms with Gasteiger partial charge in [0.1, 0.15) is 6.61 Å². The molecule has 0 aliphatic heterocycles. The van der Waals surface area contributed by atoms with Gasteiger partial charge >= 0.3 is 19.8 Å². The minimum Gasteiger partial charge on any atom is -0.462 e. The summed E-state index contributed by atoms with van der Waals surface area (Å²) in [5, 5.41) is 0. The van der Waals surface area contributed by atoms with Crippen LogP contribution in [0.4, 0.5) is 0 Å². The molecule has 0 aromatic heterocycles. The third kappa shape index (κ3) is 40.2. The number of hydrogen-bond acceptors (Lipinski definition) is 7. The summed E-state index contributed by atoms with van der Waals surface area (Å²) in [4.78, 5) is 34.7. The van der Waals surface area contributed by atoms with E-state index in [4.69, 9.17) is 18.5 Å². The quantitative estimate of drug-likeness (QED) is 0.0282. The Morgan fingerprint density at radius 3 is 1.31 bits per heavy atom. The summed E-state index contributed by atoms with van der Waals surface area (Å²) >= 11 is 0. The fourth-order valence-electron chi connectivity index (χ4n) is 6.43. The molecule has 0 bridgehead atoms. The lowest BCUT2D eigenvalue weighted by Gasteiger charge is -2.19. The maximum Gasteiger partial charge on any atom is 0.472 e. The largest absolute Gasteiger partial charge is 0.472 e. The van der Waals surface area contributed by atoms with Gasteiger partial charge in [0, 0.05) is 12.8 Å². The number of phosphoric ester groups is 1. The van der Waals surface area contributed by atoms with Crippen LogP contribution in [0.3, 0.4) is 0 Å². The van der Waals surface area contributed by atoms with Gasteiger partial charge < -0.3 is 14.4 Å². The first kappa shape index (κ1) is 52.5. The normalized spacial score (nSPS) is 13.5. The van der Waals surface area contributed by atoms with E-state index in [2.05, 4.69) is 38.2 Å². The van der Waals surface area contributed by atoms with Crippen molar-refractivity contribution < 1.29 is 37.6 Å². The Bertz CT molecular complexity index is 937. The van der Waals surface area contributed by atoms with Crippen molar-refractivity contribution in [3.63, 3.8) is 0 Å². The average Bonchev–Trinajstić information content (AvgIpc) is 3.15. The zero-order valence-corrected chi connectivity index (χ0v) is 36.3. The van der Waals surface area contributed by atoms with Gasteiger partial charge in [-0.2, -0.15) is 0 Å². The van der Waals surface area contributed by atoms with Crippen molar-refractivity contribution in [3.8, 4) is 0 Å². The molecule has 54 heavy (non-hydrogen) atoms. The first-order chi connectivity index (χ1) is 26.3. The van der Waals surface area contributed by atoms with Crippen molar-refractivity contribution in [3.05, 3.63) is 24.3 Å². The van der Waals surface area contributed by atoms with Gasteiger partial charge in [-0.15, -0.1) is 0 Å². The maximum atomic E-state index is 12.6. The van der Waals surface area contributed by atoms with Gasteiger partial charge in [-0.25, -0.2) is 4.57 Å². The Balaban J connectivity index is 3.97. The molecule has 0 aliphatic rings. The Morgan fingerprint density at radius 1 is 0.500 bits per heavy atom. The molecule has 0 radical (unpaired) electrons. The van der Waals surface area contributed by atoms with Crippen LogP contribution in [0.2, 0.25) is 0 Å². The fraction of sp³-hybridized carbons (Fsp3) is 0.867. The summed E-state index contributed by atoms with van der Waals surface area (Å²) < 4.78 is 32.6. The number of esters is 2. The van der Waals surface area contributed by atoms with Crippen LogP contribution in [0.5, 0.6) is 0 Å². The minimum absolute atomic E-state index is 0.00215. The Kier molecular flexibility index (Phi) is 40.1. The van der Waals surface area contributed by atoms with E-state index < -0.39 is 19.9 Å². The van der Waals surface area contributed by atoms with Gasteiger partial charge in [-0.05, 0) is 51.9 Å². The van der Waals surface area contributed by atoms with Crippen LogP contribution in [-0.4, -0.2) is 42.8 Å². The molecule has 318 valence electrons. The highest BCUT2D eigenvalue weighted by Crippen LogP contribution is 2.43. The van der Waals surface area contributed by atoms with Crippen molar-refractivity contribution in [1.82, 2.24) is 0 Å². The molecule has 2 unspecified atom stereocenters. The fourth-order valence-corrected chi connectivity index (χ4v) is 7.18. The van der Waals surface area contributed by atoms with Crippen LogP contribution in [0.1, 0.15) is 226 Å². The van der Waals surface area contributed by atoms with Crippen molar-refractivity contribution in [2.45, 2.75) is 232 Å². The zero-order valence-electron chi connectivity index (χ0n) is 35.4. The van der Waals surface area contributed by atoms with Gasteiger partial charge in [0.15, 0.2) is 6.10 Å². The SMILES string of the molecule is CCCCCCC/C=C\C/C=C\CCCCCCCCCCCCCC(=O)OC(COC(=O)CCCCCCCCCCCCC)COP(=O)(O)OCC. The van der Waals surface area contributed by atoms with Crippen LogP contribution in [0.15, 0.2) is 24.3 Å². The molecule has 9 heteroatoms. The molecule has 0 amide bonds. The van der Waals surface area contributed by atoms with E-state index in [1.165, 1.54) is 148 Å². The summed E-state index contributed by atoms with van der Waals surface area (Å²) in [5.74, 6) is -0.792. The summed E-state index contributed by atoms with van der Waals surface area (Å²) in [6, 6.07) is 0. The number of allylic oxidation sites excluding steroid dienone is 4. The first-order valence-corrected chi connectivity index (χ1v) is 24.1. The molecule has 0 rings (SSSR count). The number of ether oxygens (including phenoxy) is 2. The molecule has 0 spiro atoms. The minimum atomic E-state index is -4.28. The molecule has 0 fully saturated rings. The average molecular weight is 785 g/mol. The van der Waals surface area contributed by atoms with Gasteiger partial charge in [0.05, 0.1) is 13.2 Å². The molecule has 0 aromatic carbocycles. The zero-order chi connectivity index (χ0) is 39.6. The van der Waals surface area contributed by atoms with E-state index in [-0.39, 0.29) is 32.2 Å². The molecule has 0 heterocycles. The predicted octanol–water partition coefficient (Wildman–Crippen LogP) is 14.2. The molecule has 1 N–H and O–H groups in total. The first-order valence-electron chi connectivity index (χ1n) is 22.6. The second-order valence-corrected chi connectivity index (χ2v) is 16.5. The highest BCUT2D eigenvalue weighted by molar-refractivity contribution is 7.47. The third-order valence-corrected chi connectivity index (χ3v) is 10.8. The van der Waals surface area contributed by atoms with Gasteiger partial charge in [0.25, 0.3) is 0 Å². The van der Waals surface area contributed by atoms with Crippen LogP contribution < -0.4 is 0 Å². The standard InChI is InChI=1S/C45H85O8P/c1-4-7-9-11-13-15-17-18-19-20-21-22-23-24-25-26-27-28-30-32-34-36-38-40-45(47)53-43(42-52-54(48,49)51-6-3)41-50-44(46)39-37-35-33-31-29-16-14-12-10-8-5-2/h17-18,20-21,43H,4-16,19,22-42H2,1-3H3,(H,48,49)/b18-17-,21-20-. The van der Waals surface area contributed by atoms with E-state index in [0.29, 0.717) is 12.8 Å². The van der Waals surface area contributed by atoms with Crippen molar-refractivity contribution in [1.29, 1.82) is 0 Å². The van der Waals surface area contributed by atoms with Crippen LogP contribution in [0.25, 0.3) is 0 Å². The third-order valence-electron chi connectivity index (χ3n) is 9.76. The summed E-state index contributed by atoms with van der Waals surface area (Å²) in [6.07, 6.45) is 45.2. The highest BCUT2D eigenvalue weighted by atomic mass is 31.2. The number of carbonyl (C=O) groups is 2. The molecule has 0 saturated heterocycles. The van der Waals surface area contributed by atoms with Gasteiger partial charge in [0.2, 0.25) is 0 Å². The van der Waals surface area contributed by atoms with E-state index in [1.807, 2.05) is 0 Å². The van der Waals surface area contributed by atoms with E-state index in [9.17, 15) is 19.0 Å². The molecule has 0 aromatic rings. The van der Waals surface area contributed by atoms with E-state index in [1.54, 1.807) is 6.92 Å². The number of hydrogen-bond donors (Lipinski definition) is 1. The topological polar surface area (TPSA) is 108 Å². The summed E-state index contributed by atoms with van der Waals surface area (Å²) in [7, 11) is -4.28. The highest BCUT2D eigenvalue weighted by Gasteiger charge is 2.25. The Morgan fingerprint density at radius 2 is 0.889 bits per heavy atom. The monoisotopic (exact) mass is 785 g/mol. The van der Waals surface area contributed by atoms with E-state index in [0.717, 1.165) is 38.5 Å². The second kappa shape index (κ2) is 41.2. The molecule has 0 saturated carbocycles. The van der Waals surface area contributed by atoms with Crippen LogP contribution >= 0.6 is 7.82 Å². The van der Waals surface area contributed by atoms with Crippen molar-refractivity contribution >= 4 is 19.8 Å². The second-order valence-electron chi connectivity index (χ2n) is 15.1. The number of rotatable bonds is 42. The number of carbonyl (C=O) groups excluding carboxylic acids is 2. The number of unbranched alkanes of at least 4 members (excludes halogenated alkanes) is 26. The molecule has 8 nitrogen and oxygen atoms in total. The summed E-state index contributed by atoms with van der Waals surface area (Å²) in [6.45, 7) is 5.48. The van der Waals surface area contributed by atoms with Crippen molar-refractivity contribution in [2.24, 2.45) is 0 Å². The van der Waals surface area contributed by atoms with E-state index >= 15 is 0 Å². The van der Waals surface area contributed by atoms with Crippen molar-refractivity contribution in [2.75, 3.05) is 19.8 Å².